The molecule has 120 valence electrons. The van der Waals surface area contributed by atoms with E-state index < -0.39 is 9.84 Å². The van der Waals surface area contributed by atoms with E-state index in [9.17, 15) is 13.2 Å². The second-order valence-corrected chi connectivity index (χ2v) is 7.88. The van der Waals surface area contributed by atoms with Crippen LogP contribution in [0.15, 0.2) is 6.20 Å². The van der Waals surface area contributed by atoms with Gasteiger partial charge in [0.1, 0.15) is 0 Å². The van der Waals surface area contributed by atoms with Gasteiger partial charge in [-0.2, -0.15) is 5.10 Å². The molecule has 0 aliphatic heterocycles. The number of hydrogen-bond donors (Lipinski definition) is 1. The van der Waals surface area contributed by atoms with Crippen LogP contribution in [0.25, 0.3) is 0 Å². The Morgan fingerprint density at radius 1 is 1.43 bits per heavy atom. The summed E-state index contributed by atoms with van der Waals surface area (Å²) >= 11 is 0. The summed E-state index contributed by atoms with van der Waals surface area (Å²) in [6.07, 6.45) is 2.65. The number of carbonyl (C=O) groups excluding carboxylic acids is 1. The Hall–Kier alpha value is -1.37. The molecule has 1 aromatic rings. The number of carbonyl (C=O) groups is 1. The fourth-order valence-electron chi connectivity index (χ4n) is 2.09. The molecule has 21 heavy (non-hydrogen) atoms. The van der Waals surface area contributed by atoms with Crippen molar-refractivity contribution in [1.29, 1.82) is 0 Å². The molecule has 1 heterocycles. The molecular weight excluding hydrogens is 290 g/mol. The minimum Gasteiger partial charge on any atom is -0.351 e. The summed E-state index contributed by atoms with van der Waals surface area (Å²) in [6, 6.07) is 0. The number of nitrogens with zero attached hydrogens (tertiary/aromatic N) is 2. The highest BCUT2D eigenvalue weighted by Crippen LogP contribution is 2.06. The summed E-state index contributed by atoms with van der Waals surface area (Å²) in [5.41, 5.74) is 1.16. The van der Waals surface area contributed by atoms with Crippen LogP contribution in [-0.2, 0) is 16.4 Å². The van der Waals surface area contributed by atoms with Crippen LogP contribution >= 0.6 is 0 Å². The standard InChI is InChI=1S/C14H25N3O3S/c1-5-7-17-9-13(12(4)16-17)14(18)15-6-8-21(19,20)10-11(2)3/h9,11H,5-8,10H2,1-4H3,(H,15,18). The molecular formula is C14H25N3O3S. The van der Waals surface area contributed by atoms with Crippen LogP contribution in [0.2, 0.25) is 0 Å². The van der Waals surface area contributed by atoms with Gasteiger partial charge in [0.25, 0.3) is 5.91 Å². The van der Waals surface area contributed by atoms with E-state index >= 15 is 0 Å². The highest BCUT2D eigenvalue weighted by molar-refractivity contribution is 7.91. The Bertz CT molecular complexity index is 576. The van der Waals surface area contributed by atoms with Crippen LogP contribution in [0.4, 0.5) is 0 Å². The SMILES string of the molecule is CCCn1cc(C(=O)NCCS(=O)(=O)CC(C)C)c(C)n1. The summed E-state index contributed by atoms with van der Waals surface area (Å²) < 4.78 is 25.2. The smallest absolute Gasteiger partial charge is 0.254 e. The molecule has 0 aliphatic rings. The first-order valence-electron chi connectivity index (χ1n) is 7.28. The summed E-state index contributed by atoms with van der Waals surface area (Å²) in [5, 5.41) is 6.91. The number of rotatable bonds is 8. The lowest BCUT2D eigenvalue weighted by Crippen LogP contribution is -2.30. The molecule has 0 spiro atoms. The maximum Gasteiger partial charge on any atom is 0.254 e. The Balaban J connectivity index is 2.55. The molecule has 1 rings (SSSR count). The van der Waals surface area contributed by atoms with E-state index in [1.165, 1.54) is 0 Å². The third-order valence-electron chi connectivity index (χ3n) is 2.93. The molecule has 1 N–H and O–H groups in total. The zero-order valence-electron chi connectivity index (χ0n) is 13.2. The van der Waals surface area contributed by atoms with Gasteiger partial charge in [-0.25, -0.2) is 8.42 Å². The Morgan fingerprint density at radius 2 is 2.10 bits per heavy atom. The third-order valence-corrected chi connectivity index (χ3v) is 4.93. The van der Waals surface area contributed by atoms with E-state index in [0.29, 0.717) is 11.3 Å². The molecule has 0 unspecified atom stereocenters. The van der Waals surface area contributed by atoms with Gasteiger partial charge in [0.15, 0.2) is 9.84 Å². The molecule has 0 aromatic carbocycles. The predicted octanol–water partition coefficient (Wildman–Crippen LogP) is 1.40. The summed E-state index contributed by atoms with van der Waals surface area (Å²) in [4.78, 5) is 12.0. The first-order valence-corrected chi connectivity index (χ1v) is 9.10. The molecule has 0 fully saturated rings. The van der Waals surface area contributed by atoms with Crippen molar-refractivity contribution in [2.45, 2.75) is 40.7 Å². The molecule has 0 saturated heterocycles. The summed E-state index contributed by atoms with van der Waals surface area (Å²) in [7, 11) is -3.11. The first-order chi connectivity index (χ1) is 9.75. The lowest BCUT2D eigenvalue weighted by Gasteiger charge is -2.07. The molecule has 1 aromatic heterocycles. The Labute approximate surface area is 126 Å². The van der Waals surface area contributed by atoms with E-state index in [1.807, 2.05) is 20.8 Å². The predicted molar refractivity (Wildman–Crippen MR) is 83.1 cm³/mol. The van der Waals surface area contributed by atoms with Gasteiger partial charge in [0.05, 0.1) is 22.8 Å². The van der Waals surface area contributed by atoms with Crippen LogP contribution in [0.5, 0.6) is 0 Å². The largest absolute Gasteiger partial charge is 0.351 e. The van der Waals surface area contributed by atoms with Gasteiger partial charge >= 0.3 is 0 Å². The second kappa shape index (κ2) is 7.59. The second-order valence-electron chi connectivity index (χ2n) is 5.66. The van der Waals surface area contributed by atoms with Crippen molar-refractivity contribution in [2.24, 2.45) is 5.92 Å². The molecule has 1 amide bonds. The van der Waals surface area contributed by atoms with Crippen LogP contribution in [0, 0.1) is 12.8 Å². The summed E-state index contributed by atoms with van der Waals surface area (Å²) in [5.74, 6) is -0.0510. The molecule has 7 heteroatoms. The van der Waals surface area contributed by atoms with E-state index in [1.54, 1.807) is 17.8 Å². The average molecular weight is 315 g/mol. The van der Waals surface area contributed by atoms with Crippen molar-refractivity contribution in [3.05, 3.63) is 17.5 Å². The van der Waals surface area contributed by atoms with Crippen molar-refractivity contribution in [3.8, 4) is 0 Å². The third kappa shape index (κ3) is 5.87. The van der Waals surface area contributed by atoms with E-state index in [4.69, 9.17) is 0 Å². The van der Waals surface area contributed by atoms with Gasteiger partial charge in [-0.15, -0.1) is 0 Å². The molecule has 6 nitrogen and oxygen atoms in total. The van der Waals surface area contributed by atoms with E-state index in [0.717, 1.165) is 13.0 Å². The van der Waals surface area contributed by atoms with Gasteiger partial charge in [-0.3, -0.25) is 9.48 Å². The molecule has 0 bridgehead atoms. The van der Waals surface area contributed by atoms with Crippen LogP contribution in [0.1, 0.15) is 43.2 Å². The highest BCUT2D eigenvalue weighted by atomic mass is 32.2. The van der Waals surface area contributed by atoms with E-state index in [2.05, 4.69) is 10.4 Å². The zero-order chi connectivity index (χ0) is 16.0. The molecule has 0 aliphatic carbocycles. The van der Waals surface area contributed by atoms with Gasteiger partial charge in [-0.1, -0.05) is 20.8 Å². The lowest BCUT2D eigenvalue weighted by molar-refractivity contribution is 0.0955. The topological polar surface area (TPSA) is 81.1 Å². The fraction of sp³-hybridized carbons (Fsp3) is 0.714. The minimum atomic E-state index is -3.11. The quantitative estimate of drug-likeness (QED) is 0.786. The van der Waals surface area contributed by atoms with Gasteiger partial charge in [-0.05, 0) is 19.3 Å². The zero-order valence-corrected chi connectivity index (χ0v) is 14.0. The number of aryl methyl sites for hydroxylation is 2. The van der Waals surface area contributed by atoms with Crippen molar-refractivity contribution in [2.75, 3.05) is 18.1 Å². The highest BCUT2D eigenvalue weighted by Gasteiger charge is 2.16. The minimum absolute atomic E-state index is 0.0287. The average Bonchev–Trinajstić information content (AvgIpc) is 2.68. The number of aromatic nitrogens is 2. The molecule has 0 saturated carbocycles. The maximum atomic E-state index is 12.0. The fourth-order valence-corrected chi connectivity index (χ4v) is 3.69. The number of hydrogen-bond acceptors (Lipinski definition) is 4. The maximum absolute atomic E-state index is 12.0. The Morgan fingerprint density at radius 3 is 2.67 bits per heavy atom. The van der Waals surface area contributed by atoms with Crippen molar-refractivity contribution in [1.82, 2.24) is 15.1 Å². The van der Waals surface area contributed by atoms with Gasteiger partial charge in [0.2, 0.25) is 0 Å². The van der Waals surface area contributed by atoms with Gasteiger partial charge < -0.3 is 5.32 Å². The molecule has 0 atom stereocenters. The van der Waals surface area contributed by atoms with Crippen molar-refractivity contribution in [3.63, 3.8) is 0 Å². The van der Waals surface area contributed by atoms with Crippen LogP contribution in [0.3, 0.4) is 0 Å². The van der Waals surface area contributed by atoms with Gasteiger partial charge in [0, 0.05) is 19.3 Å². The lowest BCUT2D eigenvalue weighted by atomic mass is 10.2. The van der Waals surface area contributed by atoms with E-state index in [-0.39, 0.29) is 29.9 Å². The number of nitrogens with one attached hydrogen (secondary N) is 1. The summed E-state index contributed by atoms with van der Waals surface area (Å²) in [6.45, 7) is 8.43. The Kier molecular flexibility index (Phi) is 6.39. The molecule has 0 radical (unpaired) electrons. The first kappa shape index (κ1) is 17.7. The number of sulfone groups is 1. The number of amides is 1. The monoisotopic (exact) mass is 315 g/mol. The van der Waals surface area contributed by atoms with Crippen LogP contribution < -0.4 is 5.32 Å². The normalized spacial score (nSPS) is 11.9. The van der Waals surface area contributed by atoms with Crippen LogP contribution in [-0.4, -0.2) is 42.2 Å². The van der Waals surface area contributed by atoms with Crippen molar-refractivity contribution < 1.29 is 13.2 Å². The van der Waals surface area contributed by atoms with Crippen molar-refractivity contribution >= 4 is 15.7 Å².